The molecule has 1 aliphatic heterocycles. The number of Topliss-reactive ketones (excluding diaryl/α,β-unsaturated/α-hetero) is 1. The second kappa shape index (κ2) is 2.28. The van der Waals surface area contributed by atoms with Crippen molar-refractivity contribution < 1.29 is 4.79 Å². The molecule has 4 nitrogen and oxygen atoms in total. The van der Waals surface area contributed by atoms with Gasteiger partial charge in [-0.3, -0.25) is 4.79 Å². The molecule has 0 radical (unpaired) electrons. The second-order valence-corrected chi connectivity index (χ2v) is 3.47. The smallest absolute Gasteiger partial charge is 0.196 e. The van der Waals surface area contributed by atoms with E-state index >= 15 is 0 Å². The molecule has 2 rings (SSSR count). The van der Waals surface area contributed by atoms with E-state index in [2.05, 4.69) is 10.3 Å². The zero-order valence-electron chi connectivity index (χ0n) is 5.76. The molecule has 0 amide bonds. The maximum Gasteiger partial charge on any atom is 0.196 e. The topological polar surface area (TPSA) is 68.0 Å². The van der Waals surface area contributed by atoms with Crippen LogP contribution in [0.3, 0.4) is 0 Å². The lowest BCUT2D eigenvalue weighted by atomic mass is 10.2. The Bertz CT molecular complexity index is 307. The third-order valence-corrected chi connectivity index (χ3v) is 2.43. The zero-order chi connectivity index (χ0) is 7.84. The van der Waals surface area contributed by atoms with Crippen molar-refractivity contribution in [2.24, 2.45) is 0 Å². The Kier molecular flexibility index (Phi) is 1.40. The zero-order valence-corrected chi connectivity index (χ0v) is 6.57. The number of hydrogen-bond donors (Lipinski definition) is 2. The first-order valence-corrected chi connectivity index (χ1v) is 4.08. The van der Waals surface area contributed by atoms with Crippen LogP contribution >= 0.6 is 11.3 Å². The lowest BCUT2D eigenvalue weighted by Gasteiger charge is -2.08. The van der Waals surface area contributed by atoms with E-state index in [0.29, 0.717) is 17.4 Å². The van der Waals surface area contributed by atoms with Crippen molar-refractivity contribution >= 4 is 22.3 Å². The van der Waals surface area contributed by atoms with Gasteiger partial charge in [0.05, 0.1) is 11.4 Å². The monoisotopic (exact) mass is 169 g/mol. The number of ketones is 1. The van der Waals surface area contributed by atoms with Crippen molar-refractivity contribution in [3.05, 3.63) is 10.6 Å². The molecule has 11 heavy (non-hydrogen) atoms. The molecule has 0 unspecified atom stereocenters. The average molecular weight is 169 g/mol. The molecule has 0 atom stereocenters. The third kappa shape index (κ3) is 1.02. The summed E-state index contributed by atoms with van der Waals surface area (Å²) in [5, 5.41) is 3.45. The van der Waals surface area contributed by atoms with E-state index in [1.807, 2.05) is 0 Å². The van der Waals surface area contributed by atoms with Gasteiger partial charge in [-0.05, 0) is 0 Å². The van der Waals surface area contributed by atoms with E-state index in [-0.39, 0.29) is 5.78 Å². The summed E-state index contributed by atoms with van der Waals surface area (Å²) in [4.78, 5) is 16.0. The molecular formula is C6H7N3OS. The number of fused-ring (bicyclic) bond motifs is 1. The average Bonchev–Trinajstić information content (AvgIpc) is 2.31. The number of nitrogens with zero attached hydrogens (tertiary/aromatic N) is 1. The number of carbonyl (C=O) groups excluding carboxylic acids is 1. The first-order chi connectivity index (χ1) is 5.27. The largest absolute Gasteiger partial charge is 0.375 e. The van der Waals surface area contributed by atoms with Gasteiger partial charge in [0.2, 0.25) is 0 Å². The Morgan fingerprint density at radius 1 is 1.55 bits per heavy atom. The predicted molar refractivity (Wildman–Crippen MR) is 42.6 cm³/mol. The number of thiazole rings is 1. The maximum absolute atomic E-state index is 11.1. The molecule has 3 N–H and O–H groups in total. The van der Waals surface area contributed by atoms with Crippen molar-refractivity contribution in [2.75, 3.05) is 12.3 Å². The predicted octanol–water partition coefficient (Wildman–Crippen LogP) is 0.0112. The van der Waals surface area contributed by atoms with Crippen LogP contribution in [-0.4, -0.2) is 17.3 Å². The van der Waals surface area contributed by atoms with Gasteiger partial charge in [0.1, 0.15) is 5.69 Å². The Balaban J connectivity index is 2.52. The minimum atomic E-state index is 0.0409. The van der Waals surface area contributed by atoms with Crippen LogP contribution < -0.4 is 11.1 Å². The minimum absolute atomic E-state index is 0.0409. The lowest BCUT2D eigenvalue weighted by Crippen LogP contribution is -2.28. The molecular weight excluding hydrogens is 162 g/mol. The van der Waals surface area contributed by atoms with Crippen LogP contribution in [0.2, 0.25) is 0 Å². The summed E-state index contributed by atoms with van der Waals surface area (Å²) in [7, 11) is 0. The summed E-state index contributed by atoms with van der Waals surface area (Å²) in [6.45, 7) is 1.10. The van der Waals surface area contributed by atoms with E-state index < -0.39 is 0 Å². The van der Waals surface area contributed by atoms with Gasteiger partial charge in [0, 0.05) is 6.54 Å². The number of carbonyl (C=O) groups is 1. The minimum Gasteiger partial charge on any atom is -0.375 e. The molecule has 1 aromatic rings. The molecule has 0 bridgehead atoms. The van der Waals surface area contributed by atoms with Crippen LogP contribution in [0.4, 0.5) is 5.13 Å². The van der Waals surface area contributed by atoms with E-state index in [9.17, 15) is 4.79 Å². The fraction of sp³-hybridized carbons (Fsp3) is 0.333. The summed E-state index contributed by atoms with van der Waals surface area (Å²) in [5.41, 5.74) is 6.01. The van der Waals surface area contributed by atoms with Gasteiger partial charge in [-0.25, -0.2) is 4.98 Å². The standard InChI is InChI=1S/C6H7N3OS/c7-6-9-5-3(10)1-8-2-4(5)11-6/h8H,1-2H2,(H2,7,9). The normalized spacial score (nSPS) is 16.5. The van der Waals surface area contributed by atoms with Gasteiger partial charge in [-0.1, -0.05) is 0 Å². The molecule has 0 saturated heterocycles. The second-order valence-electron chi connectivity index (χ2n) is 2.35. The number of nitrogen functional groups attached to an aromatic ring is 1. The van der Waals surface area contributed by atoms with E-state index in [0.717, 1.165) is 11.4 Å². The van der Waals surface area contributed by atoms with E-state index in [1.54, 1.807) is 0 Å². The van der Waals surface area contributed by atoms with Crippen molar-refractivity contribution in [1.29, 1.82) is 0 Å². The molecule has 2 heterocycles. The van der Waals surface area contributed by atoms with Crippen LogP contribution in [0.5, 0.6) is 0 Å². The highest BCUT2D eigenvalue weighted by atomic mass is 32.1. The molecule has 5 heteroatoms. The van der Waals surface area contributed by atoms with Gasteiger partial charge in [-0.2, -0.15) is 0 Å². The highest BCUT2D eigenvalue weighted by Gasteiger charge is 2.20. The summed E-state index contributed by atoms with van der Waals surface area (Å²) in [6.07, 6.45) is 0. The number of rotatable bonds is 0. The molecule has 0 aliphatic carbocycles. The summed E-state index contributed by atoms with van der Waals surface area (Å²) >= 11 is 1.38. The Morgan fingerprint density at radius 3 is 3.09 bits per heavy atom. The fourth-order valence-corrected chi connectivity index (χ4v) is 1.90. The van der Waals surface area contributed by atoms with Crippen LogP contribution in [0, 0.1) is 0 Å². The maximum atomic E-state index is 11.1. The van der Waals surface area contributed by atoms with E-state index in [4.69, 9.17) is 5.73 Å². The summed E-state index contributed by atoms with van der Waals surface area (Å²) in [5.74, 6) is 0.0409. The molecule has 1 aromatic heterocycles. The highest BCUT2D eigenvalue weighted by Crippen LogP contribution is 2.22. The lowest BCUT2D eigenvalue weighted by molar-refractivity contribution is 0.0978. The quantitative estimate of drug-likeness (QED) is 0.574. The van der Waals surface area contributed by atoms with Crippen LogP contribution in [0.25, 0.3) is 0 Å². The van der Waals surface area contributed by atoms with Gasteiger partial charge < -0.3 is 11.1 Å². The molecule has 0 fully saturated rings. The number of nitrogens with one attached hydrogen (secondary N) is 1. The SMILES string of the molecule is Nc1nc2c(s1)CNCC2=O. The summed E-state index contributed by atoms with van der Waals surface area (Å²) < 4.78 is 0. The van der Waals surface area contributed by atoms with Crippen molar-refractivity contribution in [2.45, 2.75) is 6.54 Å². The number of hydrogen-bond acceptors (Lipinski definition) is 5. The summed E-state index contributed by atoms with van der Waals surface area (Å²) in [6, 6.07) is 0. The molecule has 0 spiro atoms. The molecule has 0 saturated carbocycles. The number of anilines is 1. The third-order valence-electron chi connectivity index (χ3n) is 1.55. The van der Waals surface area contributed by atoms with Gasteiger partial charge in [0.15, 0.2) is 10.9 Å². The molecule has 1 aliphatic rings. The van der Waals surface area contributed by atoms with Crippen molar-refractivity contribution in [3.63, 3.8) is 0 Å². The van der Waals surface area contributed by atoms with Crippen LogP contribution in [0.1, 0.15) is 15.4 Å². The van der Waals surface area contributed by atoms with Crippen LogP contribution in [0.15, 0.2) is 0 Å². The Labute approximate surface area is 67.4 Å². The number of nitrogens with two attached hydrogens (primary N) is 1. The van der Waals surface area contributed by atoms with Crippen molar-refractivity contribution in [1.82, 2.24) is 10.3 Å². The Hall–Kier alpha value is -0.940. The van der Waals surface area contributed by atoms with Crippen molar-refractivity contribution in [3.8, 4) is 0 Å². The van der Waals surface area contributed by atoms with Gasteiger partial charge in [0.25, 0.3) is 0 Å². The first kappa shape index (κ1) is 6.75. The molecule has 58 valence electrons. The van der Waals surface area contributed by atoms with Crippen LogP contribution in [-0.2, 0) is 6.54 Å². The fourth-order valence-electron chi connectivity index (χ4n) is 1.08. The van der Waals surface area contributed by atoms with E-state index in [1.165, 1.54) is 11.3 Å². The number of aromatic nitrogens is 1. The highest BCUT2D eigenvalue weighted by molar-refractivity contribution is 7.15. The Morgan fingerprint density at radius 2 is 2.36 bits per heavy atom. The van der Waals surface area contributed by atoms with Gasteiger partial charge in [-0.15, -0.1) is 11.3 Å². The van der Waals surface area contributed by atoms with Gasteiger partial charge >= 0.3 is 0 Å². The molecule has 0 aromatic carbocycles. The first-order valence-electron chi connectivity index (χ1n) is 3.26.